The van der Waals surface area contributed by atoms with Gasteiger partial charge in [-0.3, -0.25) is 0 Å². The zero-order chi connectivity index (χ0) is 26.4. The number of carboxylic acid groups (broad SMARTS) is 1. The summed E-state index contributed by atoms with van der Waals surface area (Å²) in [5.41, 5.74) is 11.1. The summed E-state index contributed by atoms with van der Waals surface area (Å²) in [6.45, 7) is 1.49. The normalized spacial score (nSPS) is 16.9. The highest BCUT2D eigenvalue weighted by Crippen LogP contribution is 2.42. The van der Waals surface area contributed by atoms with Crippen LogP contribution in [0.3, 0.4) is 0 Å². The maximum Gasteiger partial charge on any atom is 0.344 e. The highest BCUT2D eigenvalue weighted by Gasteiger charge is 2.35. The highest BCUT2D eigenvalue weighted by molar-refractivity contribution is 5.76. The van der Waals surface area contributed by atoms with Crippen LogP contribution in [0.25, 0.3) is 0 Å². The van der Waals surface area contributed by atoms with Crippen LogP contribution in [0, 0.1) is 5.92 Å². The van der Waals surface area contributed by atoms with Crippen molar-refractivity contribution in [3.8, 4) is 5.75 Å². The Balaban J connectivity index is 1.76. The van der Waals surface area contributed by atoms with Crippen LogP contribution < -0.4 is 16.4 Å². The van der Waals surface area contributed by atoms with Crippen LogP contribution in [0.15, 0.2) is 90.6 Å². The molecule has 3 unspecified atom stereocenters. The number of benzene rings is 3. The van der Waals surface area contributed by atoms with Gasteiger partial charge in [0.25, 0.3) is 0 Å². The predicted molar refractivity (Wildman–Crippen MR) is 141 cm³/mol. The van der Waals surface area contributed by atoms with E-state index in [1.807, 2.05) is 72.8 Å². The van der Waals surface area contributed by atoms with Crippen LogP contribution in [-0.2, 0) is 20.8 Å². The fraction of sp³-hybridized carbons (Fsp3) is 0.267. The molecule has 0 radical (unpaired) electrons. The third kappa shape index (κ3) is 5.84. The largest absolute Gasteiger partial charge is 0.479 e. The first-order chi connectivity index (χ1) is 17.9. The van der Waals surface area contributed by atoms with Crippen molar-refractivity contribution in [2.75, 3.05) is 0 Å². The van der Waals surface area contributed by atoms with Crippen molar-refractivity contribution < 1.29 is 24.3 Å². The average Bonchev–Trinajstić information content (AvgIpc) is 2.92. The van der Waals surface area contributed by atoms with Crippen molar-refractivity contribution in [2.24, 2.45) is 17.5 Å². The fourth-order valence-corrected chi connectivity index (χ4v) is 5.17. The molecule has 3 aromatic carbocycles. The summed E-state index contributed by atoms with van der Waals surface area (Å²) in [6.07, 6.45) is 3.00. The minimum Gasteiger partial charge on any atom is -0.479 e. The Labute approximate surface area is 216 Å². The van der Waals surface area contributed by atoms with Crippen molar-refractivity contribution in [3.05, 3.63) is 113 Å². The minimum atomic E-state index is -1.04. The lowest BCUT2D eigenvalue weighted by Crippen LogP contribution is -2.30. The van der Waals surface area contributed by atoms with E-state index in [9.17, 15) is 14.7 Å². The van der Waals surface area contributed by atoms with Gasteiger partial charge in [-0.1, -0.05) is 72.8 Å². The van der Waals surface area contributed by atoms with Gasteiger partial charge in [-0.25, -0.2) is 9.59 Å². The van der Waals surface area contributed by atoms with Gasteiger partial charge in [-0.05, 0) is 60.6 Å². The first-order valence-corrected chi connectivity index (χ1v) is 12.4. The number of hydrogen-bond acceptors (Lipinski definition) is 6. The molecular formula is C30H32N2O5. The predicted octanol–water partition coefficient (Wildman–Crippen LogP) is 4.67. The third-order valence-corrected chi connectivity index (χ3v) is 6.96. The Morgan fingerprint density at radius 3 is 2.16 bits per heavy atom. The van der Waals surface area contributed by atoms with Gasteiger partial charge in [0.2, 0.25) is 0 Å². The third-order valence-electron chi connectivity index (χ3n) is 6.96. The Morgan fingerprint density at radius 1 is 0.973 bits per heavy atom. The molecule has 0 amide bonds. The molecule has 5 N–H and O–H groups in total. The number of rotatable bonds is 9. The molecular weight excluding hydrogens is 468 g/mol. The van der Waals surface area contributed by atoms with E-state index in [4.69, 9.17) is 21.2 Å². The second kappa shape index (κ2) is 11.8. The van der Waals surface area contributed by atoms with Gasteiger partial charge in [0, 0.05) is 17.5 Å². The summed E-state index contributed by atoms with van der Waals surface area (Å²) in [5, 5.41) is 9.31. The molecule has 1 aliphatic carbocycles. The summed E-state index contributed by atoms with van der Waals surface area (Å²) in [4.78, 5) is 29.2. The number of carbonyl (C=O) groups is 2. The summed E-state index contributed by atoms with van der Waals surface area (Å²) in [5.74, 6) is 3.04. The fourth-order valence-electron chi connectivity index (χ4n) is 5.17. The minimum absolute atomic E-state index is 0.255. The molecule has 0 bridgehead atoms. The number of aliphatic carboxylic acids is 1. The molecule has 0 fully saturated rings. The summed E-state index contributed by atoms with van der Waals surface area (Å²) in [7, 11) is 0. The maximum absolute atomic E-state index is 13.0. The number of fused-ring (bicyclic) bond motifs is 1. The van der Waals surface area contributed by atoms with Crippen LogP contribution >= 0.6 is 0 Å². The second-order valence-corrected chi connectivity index (χ2v) is 9.30. The Kier molecular flexibility index (Phi) is 8.25. The van der Waals surface area contributed by atoms with E-state index in [0.717, 1.165) is 35.1 Å². The lowest BCUT2D eigenvalue weighted by atomic mass is 9.74. The standard InChI is InChI=1S/C30H32N2O5/c1-19(29(33)34)36-27-17-9-15-22-23(14-8-16-24(22)27)25(30(35)37-32)18-26(31)28(20-10-4-2-5-11-20)21-12-6-3-7-13-21/h2-7,9-13,15,17-19,23,25,28H,8,14,16,31-32H2,1H3,(H,33,34). The highest BCUT2D eigenvalue weighted by atomic mass is 16.7. The molecule has 7 heteroatoms. The van der Waals surface area contributed by atoms with E-state index in [0.29, 0.717) is 17.9 Å². The van der Waals surface area contributed by atoms with E-state index >= 15 is 0 Å². The monoisotopic (exact) mass is 500 g/mol. The smallest absolute Gasteiger partial charge is 0.344 e. The van der Waals surface area contributed by atoms with Gasteiger partial charge in [0.05, 0.1) is 5.92 Å². The van der Waals surface area contributed by atoms with Crippen molar-refractivity contribution in [2.45, 2.75) is 44.1 Å². The van der Waals surface area contributed by atoms with E-state index in [2.05, 4.69) is 0 Å². The van der Waals surface area contributed by atoms with Crippen molar-refractivity contribution in [1.29, 1.82) is 0 Å². The van der Waals surface area contributed by atoms with Gasteiger partial charge in [-0.2, -0.15) is 5.90 Å². The molecule has 0 saturated carbocycles. The molecule has 0 saturated heterocycles. The molecule has 0 aliphatic heterocycles. The van der Waals surface area contributed by atoms with Gasteiger partial charge < -0.3 is 20.4 Å². The quantitative estimate of drug-likeness (QED) is 0.365. The molecule has 1 aliphatic rings. The zero-order valence-electron chi connectivity index (χ0n) is 20.7. The molecule has 0 aromatic heterocycles. The van der Waals surface area contributed by atoms with Crippen molar-refractivity contribution in [1.82, 2.24) is 0 Å². The lowest BCUT2D eigenvalue weighted by molar-refractivity contribution is -0.148. The average molecular weight is 501 g/mol. The molecule has 0 spiro atoms. The van der Waals surface area contributed by atoms with Gasteiger partial charge in [0.1, 0.15) is 5.75 Å². The van der Waals surface area contributed by atoms with Crippen LogP contribution in [0.4, 0.5) is 0 Å². The number of carboxylic acids is 1. The maximum atomic E-state index is 13.0. The Morgan fingerprint density at radius 2 is 1.59 bits per heavy atom. The number of hydrogen-bond donors (Lipinski definition) is 3. The van der Waals surface area contributed by atoms with E-state index in [1.165, 1.54) is 6.92 Å². The SMILES string of the molecule is CC(Oc1cccc2c1CCCC2C(C=C(N)C(c1ccccc1)c1ccccc1)C(=O)ON)C(=O)O. The summed E-state index contributed by atoms with van der Waals surface area (Å²) >= 11 is 0. The molecule has 0 heterocycles. The Hall–Kier alpha value is -4.10. The zero-order valence-corrected chi connectivity index (χ0v) is 20.7. The number of nitrogens with two attached hydrogens (primary N) is 2. The van der Waals surface area contributed by atoms with E-state index in [1.54, 1.807) is 12.1 Å². The number of carbonyl (C=O) groups excluding carboxylic acids is 1. The van der Waals surface area contributed by atoms with Crippen LogP contribution in [0.2, 0.25) is 0 Å². The molecule has 3 atom stereocenters. The Bertz CT molecular complexity index is 1220. The molecule has 37 heavy (non-hydrogen) atoms. The van der Waals surface area contributed by atoms with E-state index in [-0.39, 0.29) is 11.8 Å². The van der Waals surface area contributed by atoms with Crippen molar-refractivity contribution in [3.63, 3.8) is 0 Å². The van der Waals surface area contributed by atoms with Crippen LogP contribution in [0.1, 0.15) is 53.9 Å². The van der Waals surface area contributed by atoms with E-state index < -0.39 is 24.0 Å². The molecule has 7 nitrogen and oxygen atoms in total. The number of allylic oxidation sites excluding steroid dienone is 1. The number of ether oxygens (including phenoxy) is 1. The van der Waals surface area contributed by atoms with Gasteiger partial charge in [0.15, 0.2) is 6.10 Å². The molecule has 192 valence electrons. The van der Waals surface area contributed by atoms with Crippen LogP contribution in [0.5, 0.6) is 5.75 Å². The molecule has 4 rings (SSSR count). The second-order valence-electron chi connectivity index (χ2n) is 9.30. The topological polar surface area (TPSA) is 125 Å². The first-order valence-electron chi connectivity index (χ1n) is 12.4. The van der Waals surface area contributed by atoms with Crippen molar-refractivity contribution >= 4 is 11.9 Å². The first kappa shape index (κ1) is 26.0. The lowest BCUT2D eigenvalue weighted by Gasteiger charge is -2.31. The van der Waals surface area contributed by atoms with Crippen LogP contribution in [-0.4, -0.2) is 23.1 Å². The summed E-state index contributed by atoms with van der Waals surface area (Å²) < 4.78 is 5.74. The van der Waals surface area contributed by atoms with Gasteiger partial charge >= 0.3 is 11.9 Å². The summed E-state index contributed by atoms with van der Waals surface area (Å²) in [6, 6.07) is 25.3. The van der Waals surface area contributed by atoms with Gasteiger partial charge in [-0.15, -0.1) is 0 Å². The molecule has 3 aromatic rings.